The van der Waals surface area contributed by atoms with E-state index in [9.17, 15) is 9.59 Å². The van der Waals surface area contributed by atoms with Crippen molar-refractivity contribution in [1.82, 2.24) is 10.2 Å². The molecule has 0 rings (SSSR count). The number of carbonyl (C=O) groups is 2. The molecule has 6 heteroatoms. The van der Waals surface area contributed by atoms with Gasteiger partial charge in [-0.1, -0.05) is 96.8 Å². The van der Waals surface area contributed by atoms with Gasteiger partial charge in [0.25, 0.3) is 0 Å². The molecule has 0 aromatic carbocycles. The summed E-state index contributed by atoms with van der Waals surface area (Å²) in [6, 6.07) is -0.573. The number of amides is 3. The van der Waals surface area contributed by atoms with E-state index in [0.29, 0.717) is 19.5 Å². The molecule has 0 atom stereocenters. The second kappa shape index (κ2) is 21.4. The van der Waals surface area contributed by atoms with Crippen LogP contribution in [0.1, 0.15) is 110 Å². The van der Waals surface area contributed by atoms with Gasteiger partial charge >= 0.3 is 6.03 Å². The number of aliphatic hydroxyl groups excluding tert-OH is 1. The number of rotatable bonds is 21. The first-order valence-corrected chi connectivity index (χ1v) is 12.0. The van der Waals surface area contributed by atoms with E-state index in [1.165, 1.54) is 88.4 Å². The van der Waals surface area contributed by atoms with Crippen molar-refractivity contribution in [2.45, 2.75) is 110 Å². The highest BCUT2D eigenvalue weighted by atomic mass is 16.3. The van der Waals surface area contributed by atoms with Gasteiger partial charge in [-0.05, 0) is 6.42 Å². The summed E-state index contributed by atoms with van der Waals surface area (Å²) in [4.78, 5) is 24.2. The Morgan fingerprint density at radius 3 is 1.62 bits per heavy atom. The van der Waals surface area contributed by atoms with Crippen LogP contribution in [-0.2, 0) is 4.79 Å². The normalized spacial score (nSPS) is 10.8. The fraction of sp³-hybridized carbons (Fsp3) is 0.913. The molecule has 0 bridgehead atoms. The molecule has 0 fully saturated rings. The molecule has 4 N–H and O–H groups in total. The third-order valence-electron chi connectivity index (χ3n) is 5.39. The molecule has 0 aliphatic carbocycles. The van der Waals surface area contributed by atoms with Gasteiger partial charge in [0.2, 0.25) is 5.91 Å². The number of urea groups is 1. The summed E-state index contributed by atoms with van der Waals surface area (Å²) in [5, 5.41) is 11.7. The second-order valence-corrected chi connectivity index (χ2v) is 8.10. The van der Waals surface area contributed by atoms with Gasteiger partial charge in [0.1, 0.15) is 0 Å². The molecule has 0 heterocycles. The number of nitrogens with two attached hydrogens (primary N) is 1. The zero-order chi connectivity index (χ0) is 21.6. The van der Waals surface area contributed by atoms with Crippen molar-refractivity contribution >= 4 is 11.9 Å². The van der Waals surface area contributed by atoms with E-state index in [0.717, 1.165) is 12.8 Å². The average Bonchev–Trinajstić information content (AvgIpc) is 2.70. The summed E-state index contributed by atoms with van der Waals surface area (Å²) in [5.74, 6) is 0.0214. The molecule has 0 aliphatic rings. The molecule has 0 spiro atoms. The summed E-state index contributed by atoms with van der Waals surface area (Å²) < 4.78 is 0. The Kier molecular flexibility index (Phi) is 20.5. The average molecular weight is 414 g/mol. The predicted octanol–water partition coefficient (Wildman–Crippen LogP) is 4.74. The van der Waals surface area contributed by atoms with Crippen molar-refractivity contribution in [3.05, 3.63) is 0 Å². The molecule has 172 valence electrons. The molecule has 3 amide bonds. The smallest absolute Gasteiger partial charge is 0.314 e. The highest BCUT2D eigenvalue weighted by Gasteiger charge is 2.08. The second-order valence-electron chi connectivity index (χ2n) is 8.10. The molecule has 0 saturated carbocycles. The van der Waals surface area contributed by atoms with Crippen molar-refractivity contribution < 1.29 is 14.7 Å². The van der Waals surface area contributed by atoms with Crippen LogP contribution in [0, 0.1) is 0 Å². The lowest BCUT2D eigenvalue weighted by Crippen LogP contribution is -2.42. The summed E-state index contributed by atoms with van der Waals surface area (Å²) in [7, 11) is 0. The van der Waals surface area contributed by atoms with E-state index in [-0.39, 0.29) is 19.1 Å². The number of aliphatic hydroxyl groups is 1. The van der Waals surface area contributed by atoms with Crippen LogP contribution in [0.2, 0.25) is 0 Å². The maximum atomic E-state index is 11.8. The van der Waals surface area contributed by atoms with Gasteiger partial charge in [-0.2, -0.15) is 0 Å². The van der Waals surface area contributed by atoms with Crippen LogP contribution in [-0.4, -0.2) is 48.2 Å². The minimum atomic E-state index is -0.573. The Hall–Kier alpha value is -1.30. The van der Waals surface area contributed by atoms with Crippen molar-refractivity contribution in [3.63, 3.8) is 0 Å². The lowest BCUT2D eigenvalue weighted by molar-refractivity contribution is -0.121. The molecule has 0 unspecified atom stereocenters. The molecule has 0 aromatic rings. The van der Waals surface area contributed by atoms with Crippen LogP contribution < -0.4 is 11.1 Å². The van der Waals surface area contributed by atoms with Gasteiger partial charge in [0, 0.05) is 26.1 Å². The van der Waals surface area contributed by atoms with Gasteiger partial charge in [-0.15, -0.1) is 0 Å². The number of primary amides is 1. The van der Waals surface area contributed by atoms with Crippen molar-refractivity contribution in [3.8, 4) is 0 Å². The lowest BCUT2D eigenvalue weighted by atomic mass is 10.0. The number of nitrogens with one attached hydrogen (secondary N) is 1. The quantitative estimate of drug-likeness (QED) is 0.237. The SMILES string of the molecule is CCCCCCCCCCCCCCCCCC(=O)NCCN(CCO)C(N)=O. The summed E-state index contributed by atoms with van der Waals surface area (Å²) in [6.07, 6.45) is 20.2. The Balaban J connectivity index is 3.31. The summed E-state index contributed by atoms with van der Waals surface area (Å²) >= 11 is 0. The summed E-state index contributed by atoms with van der Waals surface area (Å²) in [6.45, 7) is 3.05. The third kappa shape index (κ3) is 19.8. The van der Waals surface area contributed by atoms with Gasteiger partial charge in [0.05, 0.1) is 6.61 Å². The molecule has 0 aliphatic heterocycles. The Bertz CT molecular complexity index is 392. The van der Waals surface area contributed by atoms with Crippen molar-refractivity contribution in [1.29, 1.82) is 0 Å². The molecular formula is C23H47N3O3. The van der Waals surface area contributed by atoms with Crippen LogP contribution in [0.4, 0.5) is 4.79 Å². The van der Waals surface area contributed by atoms with E-state index in [2.05, 4.69) is 12.2 Å². The van der Waals surface area contributed by atoms with Crippen molar-refractivity contribution in [2.24, 2.45) is 5.73 Å². The zero-order valence-electron chi connectivity index (χ0n) is 18.9. The highest BCUT2D eigenvalue weighted by Crippen LogP contribution is 2.13. The highest BCUT2D eigenvalue weighted by molar-refractivity contribution is 5.76. The topological polar surface area (TPSA) is 95.7 Å². The predicted molar refractivity (Wildman–Crippen MR) is 121 cm³/mol. The molecule has 6 nitrogen and oxygen atoms in total. The lowest BCUT2D eigenvalue weighted by Gasteiger charge is -2.19. The Morgan fingerprint density at radius 1 is 0.759 bits per heavy atom. The van der Waals surface area contributed by atoms with E-state index >= 15 is 0 Å². The van der Waals surface area contributed by atoms with Gasteiger partial charge in [0.15, 0.2) is 0 Å². The van der Waals surface area contributed by atoms with Crippen molar-refractivity contribution in [2.75, 3.05) is 26.2 Å². The van der Waals surface area contributed by atoms with E-state index in [4.69, 9.17) is 10.8 Å². The number of hydrogen-bond donors (Lipinski definition) is 3. The minimum Gasteiger partial charge on any atom is -0.395 e. The first-order chi connectivity index (χ1) is 14.1. The fourth-order valence-corrected chi connectivity index (χ4v) is 3.53. The monoisotopic (exact) mass is 413 g/mol. The minimum absolute atomic E-state index is 0.0214. The van der Waals surface area contributed by atoms with Gasteiger partial charge in [-0.3, -0.25) is 4.79 Å². The fourth-order valence-electron chi connectivity index (χ4n) is 3.53. The van der Waals surface area contributed by atoms with Gasteiger partial charge in [-0.25, -0.2) is 4.79 Å². The Labute approximate surface area is 179 Å². The molecule has 0 saturated heterocycles. The van der Waals surface area contributed by atoms with Crippen LogP contribution in [0.15, 0.2) is 0 Å². The van der Waals surface area contributed by atoms with Crippen LogP contribution >= 0.6 is 0 Å². The largest absolute Gasteiger partial charge is 0.395 e. The first-order valence-electron chi connectivity index (χ1n) is 12.0. The van der Waals surface area contributed by atoms with E-state index in [1.54, 1.807) is 0 Å². The van der Waals surface area contributed by atoms with Crippen LogP contribution in [0.25, 0.3) is 0 Å². The van der Waals surface area contributed by atoms with Gasteiger partial charge < -0.3 is 21.1 Å². The number of unbranched alkanes of at least 4 members (excludes halogenated alkanes) is 14. The maximum Gasteiger partial charge on any atom is 0.314 e. The molecule has 0 radical (unpaired) electrons. The zero-order valence-corrected chi connectivity index (χ0v) is 18.9. The standard InChI is InChI=1S/C23H47N3O3/c1-2-3-4-5-6-7-8-9-10-11-12-13-14-15-16-17-22(28)25-18-19-26(20-21-27)23(24)29/h27H,2-21H2,1H3,(H2,24,29)(H,25,28). The van der Waals surface area contributed by atoms with E-state index in [1.807, 2.05) is 0 Å². The third-order valence-corrected chi connectivity index (χ3v) is 5.39. The number of hydrogen-bond acceptors (Lipinski definition) is 3. The number of nitrogens with zero attached hydrogens (tertiary/aromatic N) is 1. The maximum absolute atomic E-state index is 11.8. The van der Waals surface area contributed by atoms with Crippen LogP contribution in [0.3, 0.4) is 0 Å². The van der Waals surface area contributed by atoms with E-state index < -0.39 is 6.03 Å². The Morgan fingerprint density at radius 2 is 1.21 bits per heavy atom. The molecule has 29 heavy (non-hydrogen) atoms. The number of carbonyl (C=O) groups excluding carboxylic acids is 2. The molecule has 0 aromatic heterocycles. The summed E-state index contributed by atoms with van der Waals surface area (Å²) in [5.41, 5.74) is 5.20. The molecular weight excluding hydrogens is 366 g/mol. The van der Waals surface area contributed by atoms with Crippen LogP contribution in [0.5, 0.6) is 0 Å². The first kappa shape index (κ1) is 27.7.